The van der Waals surface area contributed by atoms with Gasteiger partial charge in [-0.1, -0.05) is 42.1 Å². The van der Waals surface area contributed by atoms with Crippen molar-refractivity contribution in [3.8, 4) is 11.5 Å². The second-order valence-electron chi connectivity index (χ2n) is 9.25. The van der Waals surface area contributed by atoms with E-state index in [1.54, 1.807) is 25.2 Å². The van der Waals surface area contributed by atoms with Gasteiger partial charge in [-0.2, -0.15) is 5.10 Å². The minimum absolute atomic E-state index is 0.133. The Hall–Kier alpha value is -4.84. The predicted octanol–water partition coefficient (Wildman–Crippen LogP) is 6.42. The number of amidine groups is 1. The summed E-state index contributed by atoms with van der Waals surface area (Å²) >= 11 is 1.08. The van der Waals surface area contributed by atoms with Crippen molar-refractivity contribution in [1.82, 2.24) is 5.01 Å². The van der Waals surface area contributed by atoms with Crippen LogP contribution in [0.3, 0.4) is 0 Å². The number of carbonyl (C=O) groups excluding carboxylic acids is 1. The number of rotatable bonds is 8. The van der Waals surface area contributed by atoms with Gasteiger partial charge in [0.25, 0.3) is 5.91 Å². The van der Waals surface area contributed by atoms with E-state index in [1.165, 1.54) is 31.4 Å². The highest BCUT2D eigenvalue weighted by Crippen LogP contribution is 2.48. The first-order chi connectivity index (χ1) is 20.7. The molecule has 4 aromatic carbocycles. The van der Waals surface area contributed by atoms with Gasteiger partial charge in [0, 0.05) is 35.9 Å². The number of nitrogens with two attached hydrogens (primary N) is 1. The van der Waals surface area contributed by atoms with E-state index in [-0.39, 0.29) is 17.4 Å². The molecule has 1 aliphatic rings. The fourth-order valence-electron chi connectivity index (χ4n) is 4.43. The Morgan fingerprint density at radius 3 is 2.35 bits per heavy atom. The van der Waals surface area contributed by atoms with Crippen molar-refractivity contribution in [1.29, 1.82) is 0 Å². The average molecular weight is 609 g/mol. The third-order valence-corrected chi connectivity index (χ3v) is 7.72. The lowest BCUT2D eigenvalue weighted by molar-refractivity contribution is 0.0737. The molecule has 1 atom stereocenters. The highest BCUT2D eigenvalue weighted by molar-refractivity contribution is 8.14. The zero-order valence-corrected chi connectivity index (χ0v) is 23.7. The third-order valence-electron chi connectivity index (χ3n) is 6.50. The minimum Gasteiger partial charge on any atom is -0.492 e. The Morgan fingerprint density at radius 2 is 1.67 bits per heavy atom. The zero-order chi connectivity index (χ0) is 30.7. The van der Waals surface area contributed by atoms with Crippen molar-refractivity contribution in [2.24, 2.45) is 15.8 Å². The van der Waals surface area contributed by atoms with E-state index in [0.29, 0.717) is 34.8 Å². The van der Waals surface area contributed by atoms with E-state index in [9.17, 15) is 22.4 Å². The van der Waals surface area contributed by atoms with E-state index in [4.69, 9.17) is 15.2 Å². The lowest BCUT2D eigenvalue weighted by Crippen LogP contribution is -2.28. The summed E-state index contributed by atoms with van der Waals surface area (Å²) < 4.78 is 68.4. The predicted molar refractivity (Wildman–Crippen MR) is 156 cm³/mol. The molecule has 1 unspecified atom stereocenters. The molecule has 0 spiro atoms. The molecule has 0 bridgehead atoms. The Labute approximate surface area is 248 Å². The van der Waals surface area contributed by atoms with E-state index >= 15 is 0 Å². The molecule has 0 aliphatic carbocycles. The van der Waals surface area contributed by atoms with Crippen LogP contribution in [0.15, 0.2) is 89.0 Å². The van der Waals surface area contributed by atoms with Gasteiger partial charge in [-0.25, -0.2) is 22.6 Å². The quantitative estimate of drug-likeness (QED) is 0.142. The van der Waals surface area contributed by atoms with E-state index in [0.717, 1.165) is 27.9 Å². The SMILES string of the molecule is C/N=C(\N)c1cccc(COc2cccc(C3SC(c4ccc(F)cc4)=NN3C(=O)c3c(F)cc(F)cc3F)c2OC)c1. The molecule has 1 heterocycles. The number of hydrazone groups is 1. The maximum absolute atomic E-state index is 14.7. The molecule has 0 saturated carbocycles. The fraction of sp³-hybridized carbons (Fsp3) is 0.129. The van der Waals surface area contributed by atoms with Crippen LogP contribution in [0.2, 0.25) is 0 Å². The fourth-order valence-corrected chi connectivity index (χ4v) is 5.60. The van der Waals surface area contributed by atoms with Gasteiger partial charge in [0.1, 0.15) is 51.7 Å². The Balaban J connectivity index is 1.52. The number of methoxy groups -OCH3 is 1. The van der Waals surface area contributed by atoms with E-state index in [1.807, 2.05) is 24.3 Å². The van der Waals surface area contributed by atoms with Crippen LogP contribution in [0, 0.1) is 23.3 Å². The minimum atomic E-state index is -1.38. The second-order valence-corrected chi connectivity index (χ2v) is 10.3. The summed E-state index contributed by atoms with van der Waals surface area (Å²) in [5.41, 5.74) is 7.35. The molecular formula is C31H24F4N4O3S. The standard InChI is InChI=1S/C31H24F4N4O3S/c1-37-28(36)19-6-3-5-17(13-19)16-42-25-8-4-7-22(27(25)41-2)31-39(30(40)26-23(34)14-21(33)15-24(26)35)38-29(43-31)18-9-11-20(32)12-10-18/h3-15,31H,16H2,1-2H3,(H2,36,37). The molecule has 2 N–H and O–H groups in total. The number of ether oxygens (including phenoxy) is 2. The largest absolute Gasteiger partial charge is 0.492 e. The number of hydrogen-bond donors (Lipinski definition) is 1. The van der Waals surface area contributed by atoms with Gasteiger partial charge < -0.3 is 15.2 Å². The molecule has 12 heteroatoms. The highest BCUT2D eigenvalue weighted by atomic mass is 32.2. The first-order valence-corrected chi connectivity index (χ1v) is 13.7. The first kappa shape index (κ1) is 29.6. The van der Waals surface area contributed by atoms with Crippen LogP contribution in [0.1, 0.15) is 38.0 Å². The summed E-state index contributed by atoms with van der Waals surface area (Å²) in [7, 11) is 3.01. The molecule has 1 aliphatic heterocycles. The maximum Gasteiger partial charge on any atom is 0.281 e. The molecular weight excluding hydrogens is 584 g/mol. The summed E-state index contributed by atoms with van der Waals surface area (Å²) in [4.78, 5) is 17.6. The summed E-state index contributed by atoms with van der Waals surface area (Å²) in [6, 6.07) is 18.5. The summed E-state index contributed by atoms with van der Waals surface area (Å²) in [5, 5.41) is 4.54. The number of thioether (sulfide) groups is 1. The van der Waals surface area contributed by atoms with Crippen LogP contribution < -0.4 is 15.2 Å². The molecule has 0 saturated heterocycles. The molecule has 43 heavy (non-hydrogen) atoms. The normalized spacial score (nSPS) is 14.9. The molecule has 0 fully saturated rings. The summed E-state index contributed by atoms with van der Waals surface area (Å²) in [5.74, 6) is -4.61. The van der Waals surface area contributed by atoms with Gasteiger partial charge >= 0.3 is 0 Å². The molecule has 220 valence electrons. The Morgan fingerprint density at radius 1 is 0.977 bits per heavy atom. The number of hydrogen-bond acceptors (Lipinski definition) is 6. The van der Waals surface area contributed by atoms with Crippen molar-refractivity contribution in [3.05, 3.63) is 130 Å². The topological polar surface area (TPSA) is 89.5 Å². The number of aliphatic imine (C=N–C) groups is 1. The Kier molecular flexibility index (Phi) is 8.67. The lowest BCUT2D eigenvalue weighted by atomic mass is 10.1. The van der Waals surface area contributed by atoms with Crippen molar-refractivity contribution in [2.45, 2.75) is 12.0 Å². The van der Waals surface area contributed by atoms with Crippen molar-refractivity contribution >= 4 is 28.5 Å². The van der Waals surface area contributed by atoms with Crippen LogP contribution in [-0.4, -0.2) is 36.0 Å². The van der Waals surface area contributed by atoms with Crippen molar-refractivity contribution in [3.63, 3.8) is 0 Å². The second kappa shape index (κ2) is 12.6. The number of halogens is 4. The van der Waals surface area contributed by atoms with Gasteiger partial charge in [-0.05, 0) is 42.0 Å². The van der Waals surface area contributed by atoms with Crippen LogP contribution in [-0.2, 0) is 6.61 Å². The number of amides is 1. The Bertz CT molecular complexity index is 1720. The molecule has 1 amide bonds. The number of benzene rings is 4. The van der Waals surface area contributed by atoms with Gasteiger partial charge in [-0.3, -0.25) is 9.79 Å². The number of carbonyl (C=O) groups is 1. The van der Waals surface area contributed by atoms with Crippen LogP contribution in [0.4, 0.5) is 17.6 Å². The van der Waals surface area contributed by atoms with Crippen molar-refractivity contribution < 1.29 is 31.8 Å². The smallest absolute Gasteiger partial charge is 0.281 e. The lowest BCUT2D eigenvalue weighted by Gasteiger charge is -2.24. The molecule has 0 aromatic heterocycles. The third kappa shape index (κ3) is 6.19. The van der Waals surface area contributed by atoms with Gasteiger partial charge in [-0.15, -0.1) is 0 Å². The molecule has 0 radical (unpaired) electrons. The molecule has 5 rings (SSSR count). The number of para-hydroxylation sites is 1. The van der Waals surface area contributed by atoms with Gasteiger partial charge in [0.2, 0.25) is 0 Å². The van der Waals surface area contributed by atoms with Crippen molar-refractivity contribution in [2.75, 3.05) is 14.2 Å². The monoisotopic (exact) mass is 608 g/mol. The van der Waals surface area contributed by atoms with Gasteiger partial charge in [0.15, 0.2) is 11.5 Å². The number of nitrogens with zero attached hydrogens (tertiary/aromatic N) is 3. The highest BCUT2D eigenvalue weighted by Gasteiger charge is 2.39. The summed E-state index contributed by atoms with van der Waals surface area (Å²) in [6.45, 7) is 0.133. The zero-order valence-electron chi connectivity index (χ0n) is 22.9. The van der Waals surface area contributed by atoms with Crippen LogP contribution >= 0.6 is 11.8 Å². The van der Waals surface area contributed by atoms with E-state index < -0.39 is 40.1 Å². The van der Waals surface area contributed by atoms with Gasteiger partial charge in [0.05, 0.1) is 7.11 Å². The first-order valence-electron chi connectivity index (χ1n) is 12.8. The average Bonchev–Trinajstić information content (AvgIpc) is 3.44. The van der Waals surface area contributed by atoms with E-state index in [2.05, 4.69) is 10.1 Å². The summed E-state index contributed by atoms with van der Waals surface area (Å²) in [6.07, 6.45) is 0. The maximum atomic E-state index is 14.7. The van der Waals surface area contributed by atoms with Crippen LogP contribution in [0.25, 0.3) is 0 Å². The molecule has 7 nitrogen and oxygen atoms in total. The molecule has 4 aromatic rings. The van der Waals surface area contributed by atoms with Crippen LogP contribution in [0.5, 0.6) is 11.5 Å².